The van der Waals surface area contributed by atoms with Crippen molar-refractivity contribution in [2.75, 3.05) is 16.9 Å². The van der Waals surface area contributed by atoms with Crippen LogP contribution >= 0.6 is 0 Å². The molecule has 1 atom stereocenters. The molecule has 2 aliphatic rings. The molecule has 1 aromatic carbocycles. The number of carboxylic acids is 1. The van der Waals surface area contributed by atoms with Crippen LogP contribution in [0.15, 0.2) is 36.7 Å². The Labute approximate surface area is 151 Å². The lowest BCUT2D eigenvalue weighted by Gasteiger charge is -2.24. The van der Waals surface area contributed by atoms with Crippen molar-refractivity contribution in [2.45, 2.75) is 31.8 Å². The maximum atomic E-state index is 13.8. The molecule has 1 aliphatic carbocycles. The van der Waals surface area contributed by atoms with Gasteiger partial charge in [-0.2, -0.15) is 0 Å². The molecule has 1 saturated carbocycles. The molecule has 0 radical (unpaired) electrons. The Bertz CT molecular complexity index is 823. The molecule has 1 unspecified atom stereocenters. The van der Waals surface area contributed by atoms with Crippen molar-refractivity contribution in [3.63, 3.8) is 0 Å². The van der Waals surface area contributed by atoms with Gasteiger partial charge in [-0.15, -0.1) is 0 Å². The van der Waals surface area contributed by atoms with Crippen LogP contribution in [0.5, 0.6) is 0 Å². The number of aromatic nitrogens is 1. The first-order valence-electron chi connectivity index (χ1n) is 8.89. The minimum atomic E-state index is -1.03. The van der Waals surface area contributed by atoms with Crippen LogP contribution in [0.25, 0.3) is 0 Å². The molecule has 26 heavy (non-hydrogen) atoms. The lowest BCUT2D eigenvalue weighted by atomic mass is 10.1. The predicted molar refractivity (Wildman–Crippen MR) is 96.4 cm³/mol. The molecule has 0 spiro atoms. The average Bonchev–Trinajstić information content (AvgIpc) is 3.24. The monoisotopic (exact) mass is 356 g/mol. The highest BCUT2D eigenvalue weighted by Crippen LogP contribution is 2.36. The van der Waals surface area contributed by atoms with Gasteiger partial charge in [-0.1, -0.05) is 12.8 Å². The summed E-state index contributed by atoms with van der Waals surface area (Å²) in [7, 11) is 0. The van der Waals surface area contributed by atoms with Crippen LogP contribution in [-0.2, 0) is 0 Å². The Morgan fingerprint density at radius 1 is 1.35 bits per heavy atom. The number of carboxylic acid groups (broad SMARTS) is 1. The lowest BCUT2D eigenvalue weighted by molar-refractivity contribution is 0.0697. The summed E-state index contributed by atoms with van der Waals surface area (Å²) in [4.78, 5) is 15.4. The molecule has 7 heteroatoms. The number of anilines is 2. The molecular formula is C19H21FN4O2. The molecule has 0 bridgehead atoms. The van der Waals surface area contributed by atoms with Crippen molar-refractivity contribution in [1.29, 1.82) is 0 Å². The number of aromatic carboxylic acids is 1. The van der Waals surface area contributed by atoms with Gasteiger partial charge in [0.1, 0.15) is 12.0 Å². The highest BCUT2D eigenvalue weighted by atomic mass is 19.1. The maximum Gasteiger partial charge on any atom is 0.337 e. The number of rotatable bonds is 5. The third-order valence-corrected chi connectivity index (χ3v) is 5.14. The predicted octanol–water partition coefficient (Wildman–Crippen LogP) is 3.54. The van der Waals surface area contributed by atoms with Crippen molar-refractivity contribution < 1.29 is 14.3 Å². The summed E-state index contributed by atoms with van der Waals surface area (Å²) in [6, 6.07) is 6.17. The summed E-state index contributed by atoms with van der Waals surface area (Å²) in [5, 5.41) is 14.6. The van der Waals surface area contributed by atoms with Crippen LogP contribution in [-0.4, -0.2) is 22.6 Å². The molecule has 0 amide bonds. The fourth-order valence-corrected chi connectivity index (χ4v) is 3.86. The van der Waals surface area contributed by atoms with Crippen LogP contribution in [0, 0.1) is 11.7 Å². The van der Waals surface area contributed by atoms with Crippen LogP contribution < -0.4 is 15.8 Å². The van der Waals surface area contributed by atoms with Crippen molar-refractivity contribution in [3.8, 4) is 0 Å². The molecule has 2 heterocycles. The largest absolute Gasteiger partial charge is 0.478 e. The number of hydrogen-bond acceptors (Lipinski definition) is 5. The van der Waals surface area contributed by atoms with Gasteiger partial charge in [0.25, 0.3) is 0 Å². The molecule has 0 saturated heterocycles. The van der Waals surface area contributed by atoms with E-state index >= 15 is 0 Å². The van der Waals surface area contributed by atoms with E-state index in [-0.39, 0.29) is 11.4 Å². The summed E-state index contributed by atoms with van der Waals surface area (Å²) in [5.74, 6) is -0.730. The van der Waals surface area contributed by atoms with Gasteiger partial charge in [0.05, 0.1) is 23.1 Å². The van der Waals surface area contributed by atoms with E-state index in [0.29, 0.717) is 11.6 Å². The minimum absolute atomic E-state index is 0.133. The minimum Gasteiger partial charge on any atom is -0.478 e. The Morgan fingerprint density at radius 3 is 2.92 bits per heavy atom. The van der Waals surface area contributed by atoms with E-state index in [0.717, 1.165) is 17.8 Å². The first-order valence-corrected chi connectivity index (χ1v) is 8.89. The Kier molecular flexibility index (Phi) is 4.46. The number of halogens is 1. The Hall–Kier alpha value is -2.67. The third kappa shape index (κ3) is 3.22. The average molecular weight is 356 g/mol. The van der Waals surface area contributed by atoms with Crippen LogP contribution in [0.1, 0.15) is 47.8 Å². The summed E-state index contributed by atoms with van der Waals surface area (Å²) in [5.41, 5.74) is 5.59. The van der Waals surface area contributed by atoms with E-state index in [2.05, 4.69) is 20.7 Å². The topological polar surface area (TPSA) is 77.5 Å². The van der Waals surface area contributed by atoms with Gasteiger partial charge in [0, 0.05) is 18.3 Å². The van der Waals surface area contributed by atoms with Gasteiger partial charge in [-0.05, 0) is 43.0 Å². The number of hydrazine groups is 1. The quantitative estimate of drug-likeness (QED) is 0.761. The maximum absolute atomic E-state index is 13.8. The van der Waals surface area contributed by atoms with Gasteiger partial charge in [0.15, 0.2) is 0 Å². The van der Waals surface area contributed by atoms with E-state index in [1.54, 1.807) is 6.07 Å². The number of carbonyl (C=O) groups is 1. The van der Waals surface area contributed by atoms with Gasteiger partial charge in [-0.25, -0.2) is 14.6 Å². The molecule has 1 aliphatic heterocycles. The first-order chi connectivity index (χ1) is 12.6. The number of benzene rings is 1. The fourth-order valence-electron chi connectivity index (χ4n) is 3.86. The third-order valence-electron chi connectivity index (χ3n) is 5.14. The summed E-state index contributed by atoms with van der Waals surface area (Å²) >= 11 is 0. The molecule has 6 nitrogen and oxygen atoms in total. The van der Waals surface area contributed by atoms with Crippen molar-refractivity contribution in [2.24, 2.45) is 5.92 Å². The molecule has 4 rings (SSSR count). The lowest BCUT2D eigenvalue weighted by Crippen LogP contribution is -2.40. The number of nitrogens with zero attached hydrogens (tertiary/aromatic N) is 2. The van der Waals surface area contributed by atoms with Gasteiger partial charge >= 0.3 is 5.97 Å². The van der Waals surface area contributed by atoms with Crippen molar-refractivity contribution >= 4 is 17.3 Å². The Morgan fingerprint density at radius 2 is 2.15 bits per heavy atom. The van der Waals surface area contributed by atoms with E-state index in [1.165, 1.54) is 56.3 Å². The highest BCUT2D eigenvalue weighted by Gasteiger charge is 2.31. The van der Waals surface area contributed by atoms with Crippen LogP contribution in [0.2, 0.25) is 0 Å². The van der Waals surface area contributed by atoms with Gasteiger partial charge in [-0.3, -0.25) is 4.98 Å². The molecule has 1 fully saturated rings. The second kappa shape index (κ2) is 6.92. The van der Waals surface area contributed by atoms with E-state index < -0.39 is 12.1 Å². The van der Waals surface area contributed by atoms with Crippen LogP contribution in [0.3, 0.4) is 0 Å². The first kappa shape index (κ1) is 16.8. The SMILES string of the molecule is O=C(O)c1ccncc1NC1NN(CC2CCCC2)c2ccc(F)cc21. The second-order valence-electron chi connectivity index (χ2n) is 6.90. The zero-order valence-electron chi connectivity index (χ0n) is 14.3. The van der Waals surface area contributed by atoms with Gasteiger partial charge < -0.3 is 15.4 Å². The van der Waals surface area contributed by atoms with Crippen LogP contribution in [0.4, 0.5) is 15.8 Å². The Balaban J connectivity index is 1.61. The number of hydrogen-bond donors (Lipinski definition) is 3. The summed E-state index contributed by atoms with van der Waals surface area (Å²) in [6.07, 6.45) is 7.43. The molecule has 2 aromatic rings. The summed E-state index contributed by atoms with van der Waals surface area (Å²) < 4.78 is 13.8. The standard InChI is InChI=1S/C19H21FN4O2/c20-13-5-6-17-15(9-13)18(23-24(17)11-12-3-1-2-4-12)22-16-10-21-8-7-14(16)19(25)26/h5-10,12,18,22-23H,1-4,11H2,(H,25,26). The zero-order valence-corrected chi connectivity index (χ0v) is 14.3. The molecule has 3 N–H and O–H groups in total. The molecular weight excluding hydrogens is 335 g/mol. The smallest absolute Gasteiger partial charge is 0.337 e. The van der Waals surface area contributed by atoms with Crippen molar-refractivity contribution in [1.82, 2.24) is 10.4 Å². The van der Waals surface area contributed by atoms with E-state index in [4.69, 9.17) is 0 Å². The molecule has 136 valence electrons. The number of nitrogens with one attached hydrogen (secondary N) is 2. The molecule has 1 aromatic heterocycles. The van der Waals surface area contributed by atoms with E-state index in [9.17, 15) is 14.3 Å². The summed E-state index contributed by atoms with van der Waals surface area (Å²) in [6.45, 7) is 0.857. The van der Waals surface area contributed by atoms with Gasteiger partial charge in [0.2, 0.25) is 0 Å². The fraction of sp³-hybridized carbons (Fsp3) is 0.368. The highest BCUT2D eigenvalue weighted by molar-refractivity contribution is 5.94. The van der Waals surface area contributed by atoms with Crippen molar-refractivity contribution in [3.05, 3.63) is 53.6 Å². The number of pyridine rings is 1. The van der Waals surface area contributed by atoms with E-state index in [1.807, 2.05) is 0 Å². The number of fused-ring (bicyclic) bond motifs is 1. The normalized spacial score (nSPS) is 19.6. The second-order valence-corrected chi connectivity index (χ2v) is 6.90. The zero-order chi connectivity index (χ0) is 18.1.